The second-order valence-corrected chi connectivity index (χ2v) is 15.5. The molecule has 47 heavy (non-hydrogen) atoms. The number of piperidine rings is 2. The number of piperazine rings is 1. The molecule has 2 aromatic heterocycles. The van der Waals surface area contributed by atoms with Crippen LogP contribution >= 0.6 is 23.2 Å². The van der Waals surface area contributed by atoms with Crippen LogP contribution in [0, 0.1) is 12.8 Å². The highest BCUT2D eigenvalue weighted by atomic mass is 35.5. The Labute approximate surface area is 288 Å². The number of halogens is 2. The minimum Gasteiger partial charge on any atom is -0.378 e. The molecule has 4 fully saturated rings. The van der Waals surface area contributed by atoms with E-state index >= 15 is 0 Å². The molecule has 4 aliphatic heterocycles. The average molecular weight is 684 g/mol. The summed E-state index contributed by atoms with van der Waals surface area (Å²) in [5.74, 6) is 1.56. The van der Waals surface area contributed by atoms with Gasteiger partial charge in [-0.2, -0.15) is 10.2 Å². The molecule has 6 heterocycles. The van der Waals surface area contributed by atoms with Crippen LogP contribution in [-0.2, 0) is 9.53 Å². The van der Waals surface area contributed by atoms with Crippen molar-refractivity contribution in [3.05, 3.63) is 40.7 Å². The summed E-state index contributed by atoms with van der Waals surface area (Å²) in [6.07, 6.45) is 7.08. The number of carbonyl (C=O) groups excluding carboxylic acids is 1. The number of ether oxygens (including phenoxy) is 1. The maximum atomic E-state index is 12.5. The Balaban J connectivity index is 1.19. The number of nitrogens with one attached hydrogen (secondary N) is 1. The van der Waals surface area contributed by atoms with Crippen molar-refractivity contribution >= 4 is 45.8 Å². The minimum absolute atomic E-state index is 0.0120. The number of aromatic nitrogens is 4. The molecule has 1 amide bonds. The van der Waals surface area contributed by atoms with Gasteiger partial charge in [0.05, 0.1) is 47.1 Å². The van der Waals surface area contributed by atoms with Crippen molar-refractivity contribution in [1.29, 1.82) is 0 Å². The van der Waals surface area contributed by atoms with Gasteiger partial charge in [-0.1, -0.05) is 29.8 Å². The van der Waals surface area contributed by atoms with Crippen LogP contribution in [0.5, 0.6) is 0 Å². The molecule has 7 rings (SSSR count). The van der Waals surface area contributed by atoms with E-state index in [-0.39, 0.29) is 23.5 Å². The zero-order chi connectivity index (χ0) is 33.0. The van der Waals surface area contributed by atoms with Crippen molar-refractivity contribution in [2.24, 2.45) is 5.92 Å². The third-order valence-corrected chi connectivity index (χ3v) is 12.1. The lowest BCUT2D eigenvalue weighted by molar-refractivity contribution is -0.129. The molecule has 0 radical (unpaired) electrons. The Bertz CT molecular complexity index is 1640. The number of hydrogen-bond acceptors (Lipinski definition) is 7. The topological polar surface area (TPSA) is 85.8 Å². The van der Waals surface area contributed by atoms with Crippen LogP contribution in [0.4, 0.5) is 5.82 Å². The first kappa shape index (κ1) is 32.9. The number of carbonyl (C=O) groups is 1. The van der Waals surface area contributed by atoms with E-state index in [1.165, 1.54) is 6.08 Å². The molecular weight excluding hydrogens is 635 g/mol. The quantitative estimate of drug-likeness (QED) is 0.316. The van der Waals surface area contributed by atoms with E-state index in [2.05, 4.69) is 63.9 Å². The lowest BCUT2D eigenvalue weighted by Crippen LogP contribution is -2.58. The predicted octanol–water partition coefficient (Wildman–Crippen LogP) is 5.79. The molecule has 1 N–H and O–H groups in total. The number of likely N-dealkylation sites (tertiary alicyclic amines) is 1. The number of amides is 1. The third-order valence-electron chi connectivity index (χ3n) is 11.3. The zero-order valence-electron chi connectivity index (χ0n) is 28.1. The highest BCUT2D eigenvalue weighted by molar-refractivity contribution is 6.45. The number of hydrogen-bond donors (Lipinski definition) is 1. The van der Waals surface area contributed by atoms with Crippen molar-refractivity contribution in [2.75, 3.05) is 63.9 Å². The van der Waals surface area contributed by atoms with E-state index in [4.69, 9.17) is 33.0 Å². The first-order valence-electron chi connectivity index (χ1n) is 17.2. The van der Waals surface area contributed by atoms with Crippen molar-refractivity contribution < 1.29 is 9.53 Å². The summed E-state index contributed by atoms with van der Waals surface area (Å²) in [4.78, 5) is 22.2. The van der Waals surface area contributed by atoms with Gasteiger partial charge in [-0.25, -0.2) is 0 Å². The number of anilines is 1. The van der Waals surface area contributed by atoms with Gasteiger partial charge >= 0.3 is 0 Å². The Hall–Kier alpha value is -2.63. The number of fused-ring (bicyclic) bond motifs is 1. The summed E-state index contributed by atoms with van der Waals surface area (Å²) in [7, 11) is 0. The molecule has 3 atom stereocenters. The molecule has 1 aromatic carbocycles. The fraction of sp³-hybridized carbons (Fsp3) is 0.629. The summed E-state index contributed by atoms with van der Waals surface area (Å²) in [5, 5.41) is 14.8. The van der Waals surface area contributed by atoms with Gasteiger partial charge in [0.1, 0.15) is 0 Å². The highest BCUT2D eigenvalue weighted by Gasteiger charge is 2.41. The summed E-state index contributed by atoms with van der Waals surface area (Å²) in [6.45, 7) is 21.8. The van der Waals surface area contributed by atoms with Crippen LogP contribution in [0.1, 0.15) is 58.2 Å². The molecule has 0 unspecified atom stereocenters. The second-order valence-electron chi connectivity index (χ2n) is 14.7. The van der Waals surface area contributed by atoms with E-state index in [1.807, 2.05) is 17.2 Å². The molecular formula is C35H48Cl2N8O2. The van der Waals surface area contributed by atoms with Gasteiger partial charge in [0.2, 0.25) is 5.91 Å². The molecule has 12 heteroatoms. The van der Waals surface area contributed by atoms with Crippen LogP contribution in [0.25, 0.3) is 22.0 Å². The van der Waals surface area contributed by atoms with Gasteiger partial charge in [0.25, 0.3) is 0 Å². The summed E-state index contributed by atoms with van der Waals surface area (Å²) in [5.41, 5.74) is 3.67. The van der Waals surface area contributed by atoms with Crippen LogP contribution in [0.2, 0.25) is 10.0 Å². The van der Waals surface area contributed by atoms with E-state index in [0.29, 0.717) is 28.5 Å². The molecule has 0 aliphatic carbocycles. The van der Waals surface area contributed by atoms with E-state index in [9.17, 15) is 4.79 Å². The summed E-state index contributed by atoms with van der Waals surface area (Å²) >= 11 is 13.8. The van der Waals surface area contributed by atoms with Gasteiger partial charge in [-0.3, -0.25) is 19.5 Å². The van der Waals surface area contributed by atoms with Crippen molar-refractivity contribution in [3.8, 4) is 11.1 Å². The normalized spacial score (nSPS) is 26.1. The Morgan fingerprint density at radius 1 is 1.11 bits per heavy atom. The first-order chi connectivity index (χ1) is 22.6. The second kappa shape index (κ2) is 13.0. The van der Waals surface area contributed by atoms with Gasteiger partial charge in [-0.05, 0) is 71.4 Å². The van der Waals surface area contributed by atoms with E-state index in [1.54, 1.807) is 0 Å². The molecule has 0 saturated carbocycles. The Kier molecular flexibility index (Phi) is 9.10. The molecule has 10 nitrogen and oxygen atoms in total. The average Bonchev–Trinajstić information content (AvgIpc) is 3.61. The lowest BCUT2D eigenvalue weighted by atomic mass is 9.81. The SMILES string of the molecule is C=CC(=O)N1CC[C@@H](n2nc(N3CC[C@@H](CN4CCN(C5COC5)CC4)CC3(C)C)c(-c3c(Cl)c(Cl)cc4[nH]ncc34)c2C)C[C@H]1C. The summed E-state index contributed by atoms with van der Waals surface area (Å²) in [6, 6.07) is 2.70. The fourth-order valence-electron chi connectivity index (χ4n) is 8.62. The molecule has 0 bridgehead atoms. The van der Waals surface area contributed by atoms with Crippen molar-refractivity contribution in [2.45, 2.75) is 77.0 Å². The smallest absolute Gasteiger partial charge is 0.246 e. The van der Waals surface area contributed by atoms with Crippen LogP contribution in [0.15, 0.2) is 24.9 Å². The van der Waals surface area contributed by atoms with Gasteiger partial charge in [0.15, 0.2) is 5.82 Å². The Morgan fingerprint density at radius 3 is 2.53 bits per heavy atom. The molecule has 3 aromatic rings. The Morgan fingerprint density at radius 2 is 1.87 bits per heavy atom. The lowest BCUT2D eigenvalue weighted by Gasteiger charge is -2.48. The molecule has 4 aliphatic rings. The standard InChI is InChI=1S/C35H48Cl2N8O2/c1-6-30(46)43-9-8-25(15-22(43)2)45-23(3)31(32-27-18-38-39-29(27)16-28(36)33(32)37)34(40-45)44-10-7-24(17-35(44,4)5)19-41-11-13-42(14-12-41)26-20-47-21-26/h6,16,18,22,24-26H,1,7-15,17,19-21H2,2-5H3,(H,38,39)/t22-,24-,25-/m1/s1. The number of aromatic amines is 1. The van der Waals surface area contributed by atoms with E-state index in [0.717, 1.165) is 112 Å². The molecule has 0 spiro atoms. The first-order valence-corrected chi connectivity index (χ1v) is 18.0. The summed E-state index contributed by atoms with van der Waals surface area (Å²) < 4.78 is 7.64. The molecule has 4 saturated heterocycles. The third kappa shape index (κ3) is 6.09. The van der Waals surface area contributed by atoms with Crippen LogP contribution < -0.4 is 4.90 Å². The van der Waals surface area contributed by atoms with Crippen LogP contribution in [0.3, 0.4) is 0 Å². The maximum absolute atomic E-state index is 12.5. The number of nitrogens with zero attached hydrogens (tertiary/aromatic N) is 7. The van der Waals surface area contributed by atoms with Gasteiger partial charge in [-0.15, -0.1) is 0 Å². The van der Waals surface area contributed by atoms with Gasteiger partial charge < -0.3 is 19.4 Å². The van der Waals surface area contributed by atoms with Crippen molar-refractivity contribution in [1.82, 2.24) is 34.7 Å². The molecule has 254 valence electrons. The highest BCUT2D eigenvalue weighted by Crippen LogP contribution is 2.48. The van der Waals surface area contributed by atoms with Crippen LogP contribution in [-0.4, -0.2) is 117 Å². The zero-order valence-corrected chi connectivity index (χ0v) is 29.7. The van der Waals surface area contributed by atoms with Gasteiger partial charge in [0, 0.05) is 79.6 Å². The number of H-pyrrole nitrogens is 1. The number of rotatable bonds is 7. The van der Waals surface area contributed by atoms with E-state index < -0.39 is 0 Å². The minimum atomic E-state index is -0.123. The largest absolute Gasteiger partial charge is 0.378 e. The number of benzene rings is 1. The fourth-order valence-corrected chi connectivity index (χ4v) is 9.08. The maximum Gasteiger partial charge on any atom is 0.246 e. The van der Waals surface area contributed by atoms with Crippen molar-refractivity contribution in [3.63, 3.8) is 0 Å². The monoisotopic (exact) mass is 682 g/mol. The predicted molar refractivity (Wildman–Crippen MR) is 188 cm³/mol.